The van der Waals surface area contributed by atoms with Crippen LogP contribution >= 0.6 is 0 Å². The van der Waals surface area contributed by atoms with Gasteiger partial charge < -0.3 is 9.80 Å². The molecule has 1 heterocycles. The van der Waals surface area contributed by atoms with Crippen LogP contribution in [-0.2, 0) is 17.4 Å². The van der Waals surface area contributed by atoms with Crippen molar-refractivity contribution in [3.63, 3.8) is 0 Å². The summed E-state index contributed by atoms with van der Waals surface area (Å²) < 4.78 is 38.0. The van der Waals surface area contributed by atoms with Gasteiger partial charge in [0.15, 0.2) is 0 Å². The lowest BCUT2D eigenvalue weighted by Gasteiger charge is -2.36. The van der Waals surface area contributed by atoms with E-state index in [9.17, 15) is 18.0 Å². The third-order valence-electron chi connectivity index (χ3n) is 5.14. The molecule has 1 fully saturated rings. The summed E-state index contributed by atoms with van der Waals surface area (Å²) in [6.45, 7) is 2.50. The number of halogens is 3. The van der Waals surface area contributed by atoms with E-state index >= 15 is 0 Å². The van der Waals surface area contributed by atoms with Gasteiger partial charge in [0.1, 0.15) is 0 Å². The fraction of sp³-hybridized carbons (Fsp3) is 0.409. The van der Waals surface area contributed by atoms with Gasteiger partial charge in [0, 0.05) is 38.3 Å². The molecular weight excluding hydrogens is 365 g/mol. The van der Waals surface area contributed by atoms with Gasteiger partial charge in [0.25, 0.3) is 0 Å². The second-order valence-electron chi connectivity index (χ2n) is 7.11. The van der Waals surface area contributed by atoms with E-state index in [1.54, 1.807) is 0 Å². The summed E-state index contributed by atoms with van der Waals surface area (Å²) in [5.74, 6) is 0.167. The van der Waals surface area contributed by atoms with Crippen LogP contribution in [0.5, 0.6) is 0 Å². The minimum absolute atomic E-state index is 0.167. The van der Waals surface area contributed by atoms with Crippen molar-refractivity contribution < 1.29 is 18.0 Å². The molecule has 1 aliphatic rings. The smallest absolute Gasteiger partial charge is 0.368 e. The van der Waals surface area contributed by atoms with E-state index in [2.05, 4.69) is 12.1 Å². The molecule has 0 bridgehead atoms. The lowest BCUT2D eigenvalue weighted by molar-refractivity contribution is -0.137. The molecule has 3 nitrogen and oxygen atoms in total. The van der Waals surface area contributed by atoms with E-state index in [4.69, 9.17) is 0 Å². The highest BCUT2D eigenvalue weighted by molar-refractivity contribution is 5.76. The molecule has 2 aromatic carbocycles. The molecule has 1 amide bonds. The number of rotatable bonds is 6. The third-order valence-corrected chi connectivity index (χ3v) is 5.14. The first-order chi connectivity index (χ1) is 13.4. The number of carbonyl (C=O) groups is 1. The van der Waals surface area contributed by atoms with Crippen LogP contribution in [0.15, 0.2) is 54.6 Å². The van der Waals surface area contributed by atoms with E-state index in [1.165, 1.54) is 17.7 Å². The lowest BCUT2D eigenvalue weighted by Crippen LogP contribution is -2.48. The number of amides is 1. The molecule has 0 aromatic heterocycles. The number of anilines is 1. The van der Waals surface area contributed by atoms with Crippen molar-refractivity contribution in [2.45, 2.75) is 31.9 Å². The van der Waals surface area contributed by atoms with Crippen molar-refractivity contribution >= 4 is 11.6 Å². The van der Waals surface area contributed by atoms with Gasteiger partial charge >= 0.3 is 6.18 Å². The fourth-order valence-electron chi connectivity index (χ4n) is 3.48. The Morgan fingerprint density at radius 1 is 0.857 bits per heavy atom. The Morgan fingerprint density at radius 2 is 1.50 bits per heavy atom. The quantitative estimate of drug-likeness (QED) is 0.664. The highest BCUT2D eigenvalue weighted by Crippen LogP contribution is 2.30. The van der Waals surface area contributed by atoms with Gasteiger partial charge in [-0.1, -0.05) is 30.3 Å². The predicted octanol–water partition coefficient (Wildman–Crippen LogP) is 4.77. The first-order valence-electron chi connectivity index (χ1n) is 9.67. The van der Waals surface area contributed by atoms with E-state index in [1.807, 2.05) is 28.0 Å². The molecule has 150 valence electrons. The summed E-state index contributed by atoms with van der Waals surface area (Å²) in [4.78, 5) is 16.3. The SMILES string of the molecule is O=C(CCCCc1ccccc1)N1CCN(c2ccc(C(F)(F)F)cc2)CC1. The van der Waals surface area contributed by atoms with Crippen LogP contribution < -0.4 is 4.90 Å². The largest absolute Gasteiger partial charge is 0.416 e. The third kappa shape index (κ3) is 5.50. The van der Waals surface area contributed by atoms with E-state index < -0.39 is 11.7 Å². The Bertz CT molecular complexity index is 752. The predicted molar refractivity (Wildman–Crippen MR) is 104 cm³/mol. The van der Waals surface area contributed by atoms with Gasteiger partial charge in [0.2, 0.25) is 5.91 Å². The molecule has 1 aliphatic heterocycles. The summed E-state index contributed by atoms with van der Waals surface area (Å²) in [5.41, 5.74) is 1.42. The summed E-state index contributed by atoms with van der Waals surface area (Å²) >= 11 is 0. The van der Waals surface area contributed by atoms with Crippen LogP contribution in [0.4, 0.5) is 18.9 Å². The first-order valence-corrected chi connectivity index (χ1v) is 9.67. The Morgan fingerprint density at radius 3 is 2.11 bits per heavy atom. The molecule has 0 aliphatic carbocycles. The minimum atomic E-state index is -4.32. The van der Waals surface area contributed by atoms with Gasteiger partial charge in [-0.05, 0) is 49.1 Å². The van der Waals surface area contributed by atoms with Crippen LogP contribution in [0, 0.1) is 0 Å². The van der Waals surface area contributed by atoms with Crippen LogP contribution in [0.2, 0.25) is 0 Å². The van der Waals surface area contributed by atoms with Crippen molar-refractivity contribution in [2.24, 2.45) is 0 Å². The highest BCUT2D eigenvalue weighted by Gasteiger charge is 2.30. The Balaban J connectivity index is 1.40. The number of hydrogen-bond donors (Lipinski definition) is 0. The number of aryl methyl sites for hydroxylation is 1. The van der Waals surface area contributed by atoms with Crippen LogP contribution in [0.3, 0.4) is 0 Å². The number of benzene rings is 2. The maximum absolute atomic E-state index is 12.7. The molecule has 0 N–H and O–H groups in total. The number of piperazine rings is 1. The summed E-state index contributed by atoms with van der Waals surface area (Å²) in [7, 11) is 0. The summed E-state index contributed by atoms with van der Waals surface area (Å²) in [6.07, 6.45) is -0.929. The molecule has 1 saturated heterocycles. The number of unbranched alkanes of at least 4 members (excludes halogenated alkanes) is 1. The van der Waals surface area contributed by atoms with Gasteiger partial charge in [-0.2, -0.15) is 13.2 Å². The zero-order valence-electron chi connectivity index (χ0n) is 15.8. The van der Waals surface area contributed by atoms with Crippen molar-refractivity contribution in [1.29, 1.82) is 0 Å². The summed E-state index contributed by atoms with van der Waals surface area (Å²) in [6, 6.07) is 15.5. The molecule has 2 aromatic rings. The fourth-order valence-corrected chi connectivity index (χ4v) is 3.48. The lowest BCUT2D eigenvalue weighted by atomic mass is 10.1. The monoisotopic (exact) mass is 390 g/mol. The van der Waals surface area contributed by atoms with Crippen LogP contribution in [0.25, 0.3) is 0 Å². The average Bonchev–Trinajstić information content (AvgIpc) is 2.71. The second-order valence-corrected chi connectivity index (χ2v) is 7.11. The van der Waals surface area contributed by atoms with Crippen molar-refractivity contribution in [2.75, 3.05) is 31.1 Å². The van der Waals surface area contributed by atoms with Crippen LogP contribution in [-0.4, -0.2) is 37.0 Å². The standard InChI is InChI=1S/C22H25F3N2O/c23-22(24,25)19-10-12-20(13-11-19)26-14-16-27(17-15-26)21(28)9-5-4-8-18-6-2-1-3-7-18/h1-3,6-7,10-13H,4-5,8-9,14-17H2. The second kappa shape index (κ2) is 9.13. The zero-order chi connectivity index (χ0) is 20.0. The molecule has 0 radical (unpaired) electrons. The van der Waals surface area contributed by atoms with Crippen LogP contribution in [0.1, 0.15) is 30.4 Å². The number of carbonyl (C=O) groups excluding carboxylic acids is 1. The highest BCUT2D eigenvalue weighted by atomic mass is 19.4. The van der Waals surface area contributed by atoms with E-state index in [-0.39, 0.29) is 5.91 Å². The maximum atomic E-state index is 12.7. The maximum Gasteiger partial charge on any atom is 0.416 e. The molecule has 0 spiro atoms. The van der Waals surface area contributed by atoms with E-state index in [0.717, 1.165) is 37.1 Å². The minimum Gasteiger partial charge on any atom is -0.368 e. The topological polar surface area (TPSA) is 23.6 Å². The molecule has 28 heavy (non-hydrogen) atoms. The van der Waals surface area contributed by atoms with Gasteiger partial charge in [-0.15, -0.1) is 0 Å². The van der Waals surface area contributed by atoms with E-state index in [0.29, 0.717) is 32.6 Å². The summed E-state index contributed by atoms with van der Waals surface area (Å²) in [5, 5.41) is 0. The van der Waals surface area contributed by atoms with Gasteiger partial charge in [-0.25, -0.2) is 0 Å². The zero-order valence-corrected chi connectivity index (χ0v) is 15.8. The number of hydrogen-bond acceptors (Lipinski definition) is 2. The Hall–Kier alpha value is -2.50. The normalized spacial score (nSPS) is 15.0. The van der Waals surface area contributed by atoms with Crippen molar-refractivity contribution in [1.82, 2.24) is 4.90 Å². The molecule has 0 saturated carbocycles. The Labute approximate surface area is 163 Å². The first kappa shape index (κ1) is 20.2. The average molecular weight is 390 g/mol. The van der Waals surface area contributed by atoms with Crippen molar-refractivity contribution in [3.05, 3.63) is 65.7 Å². The number of alkyl halides is 3. The molecule has 0 atom stereocenters. The molecule has 6 heteroatoms. The van der Waals surface area contributed by atoms with Crippen molar-refractivity contribution in [3.8, 4) is 0 Å². The molecule has 3 rings (SSSR count). The van der Waals surface area contributed by atoms with Gasteiger partial charge in [0.05, 0.1) is 5.56 Å². The Kier molecular flexibility index (Phi) is 6.60. The van der Waals surface area contributed by atoms with Gasteiger partial charge in [-0.3, -0.25) is 4.79 Å². The molecule has 0 unspecified atom stereocenters. The molecular formula is C22H25F3N2O. The number of nitrogens with zero attached hydrogens (tertiary/aromatic N) is 2.